The summed E-state index contributed by atoms with van der Waals surface area (Å²) < 4.78 is 8.46. The molecular formula is C32H40Cl3N3O. The summed E-state index contributed by atoms with van der Waals surface area (Å²) in [5.41, 5.74) is 4.94. The fourth-order valence-corrected chi connectivity index (χ4v) is 5.81. The molecule has 4 aromatic rings. The maximum Gasteiger partial charge on any atom is 0.148 e. The van der Waals surface area contributed by atoms with Crippen molar-refractivity contribution >= 4 is 47.4 Å². The number of benzene rings is 3. The summed E-state index contributed by atoms with van der Waals surface area (Å²) in [6.45, 7) is 9.52. The van der Waals surface area contributed by atoms with Gasteiger partial charge in [0.2, 0.25) is 0 Å². The number of imidazole rings is 1. The molecule has 7 heteroatoms. The van der Waals surface area contributed by atoms with Gasteiger partial charge in [-0.2, -0.15) is 0 Å². The number of hydrogen-bond donors (Lipinski definition) is 0. The molecule has 0 spiro atoms. The summed E-state index contributed by atoms with van der Waals surface area (Å²) in [6, 6.07) is 25.0. The second-order valence-corrected chi connectivity index (χ2v) is 11.2. The Morgan fingerprint density at radius 1 is 1.00 bits per heavy atom. The van der Waals surface area contributed by atoms with E-state index in [0.717, 1.165) is 42.5 Å². The van der Waals surface area contributed by atoms with Gasteiger partial charge >= 0.3 is 0 Å². The molecule has 0 bridgehead atoms. The summed E-state index contributed by atoms with van der Waals surface area (Å²) in [7, 11) is 0. The average Bonchev–Trinajstić information content (AvgIpc) is 3.27. The van der Waals surface area contributed by atoms with Crippen LogP contribution in [-0.4, -0.2) is 34.1 Å². The number of ether oxygens (including phenoxy) is 1. The lowest BCUT2D eigenvalue weighted by Gasteiger charge is -2.34. The first-order valence-electron chi connectivity index (χ1n) is 13.6. The fraction of sp³-hybridized carbons (Fsp3) is 0.406. The zero-order valence-corrected chi connectivity index (χ0v) is 25.3. The van der Waals surface area contributed by atoms with Crippen LogP contribution in [-0.2, 0) is 19.6 Å². The summed E-state index contributed by atoms with van der Waals surface area (Å²) in [4.78, 5) is 7.69. The van der Waals surface area contributed by atoms with Gasteiger partial charge in [0.05, 0.1) is 11.0 Å². The Kier molecular flexibility index (Phi) is 12.0. The zero-order chi connectivity index (χ0) is 25.6. The summed E-state index contributed by atoms with van der Waals surface area (Å²) >= 11 is 6.03. The molecule has 2 unspecified atom stereocenters. The number of fused-ring (bicyclic) bond motifs is 1. The van der Waals surface area contributed by atoms with Gasteiger partial charge in [-0.3, -0.25) is 0 Å². The van der Waals surface area contributed by atoms with Crippen LogP contribution in [0.25, 0.3) is 11.0 Å². The Hall–Kier alpha value is -2.24. The Labute approximate surface area is 250 Å². The largest absolute Gasteiger partial charge is 0.486 e. The third-order valence-electron chi connectivity index (χ3n) is 7.63. The third-order valence-corrected chi connectivity index (χ3v) is 7.88. The van der Waals surface area contributed by atoms with Gasteiger partial charge in [0.25, 0.3) is 0 Å². The molecule has 0 amide bonds. The van der Waals surface area contributed by atoms with Crippen LogP contribution < -0.4 is 4.74 Å². The first-order valence-corrected chi connectivity index (χ1v) is 14.0. The number of nitrogens with zero attached hydrogens (tertiary/aromatic N) is 3. The molecule has 1 aromatic heterocycles. The van der Waals surface area contributed by atoms with Gasteiger partial charge in [-0.05, 0) is 92.4 Å². The maximum atomic E-state index is 6.10. The zero-order valence-electron chi connectivity index (χ0n) is 22.9. The van der Waals surface area contributed by atoms with E-state index in [0.29, 0.717) is 17.5 Å². The number of aromatic nitrogens is 2. The molecule has 1 fully saturated rings. The minimum atomic E-state index is 0. The van der Waals surface area contributed by atoms with Crippen molar-refractivity contribution in [2.45, 2.75) is 52.7 Å². The van der Waals surface area contributed by atoms with Gasteiger partial charge in [0.15, 0.2) is 0 Å². The van der Waals surface area contributed by atoms with E-state index in [1.807, 2.05) is 24.3 Å². The number of halogens is 3. The monoisotopic (exact) mass is 587 g/mol. The van der Waals surface area contributed by atoms with Crippen LogP contribution in [0.2, 0.25) is 5.02 Å². The van der Waals surface area contributed by atoms with Crippen molar-refractivity contribution in [1.82, 2.24) is 14.5 Å². The minimum Gasteiger partial charge on any atom is -0.486 e. The Morgan fingerprint density at radius 2 is 1.77 bits per heavy atom. The molecule has 0 saturated carbocycles. The van der Waals surface area contributed by atoms with Gasteiger partial charge in [-0.25, -0.2) is 4.98 Å². The molecule has 4 nitrogen and oxygen atoms in total. The quantitative estimate of drug-likeness (QED) is 0.186. The molecule has 2 heterocycles. The molecule has 1 aliphatic rings. The first kappa shape index (κ1) is 31.3. The van der Waals surface area contributed by atoms with Crippen LogP contribution in [0.15, 0.2) is 72.8 Å². The third kappa shape index (κ3) is 8.38. The number of aryl methyl sites for hydroxylation is 2. The number of hydrogen-bond acceptors (Lipinski definition) is 3. The summed E-state index contributed by atoms with van der Waals surface area (Å²) in [5.74, 6) is 3.17. The van der Waals surface area contributed by atoms with Crippen molar-refractivity contribution in [2.24, 2.45) is 11.8 Å². The van der Waals surface area contributed by atoms with Gasteiger partial charge in [0, 0.05) is 24.7 Å². The summed E-state index contributed by atoms with van der Waals surface area (Å²) in [6.07, 6.45) is 4.97. The highest BCUT2D eigenvalue weighted by Gasteiger charge is 2.22. The van der Waals surface area contributed by atoms with Gasteiger partial charge < -0.3 is 14.2 Å². The number of rotatable bonds is 10. The Balaban J connectivity index is 0.00000210. The van der Waals surface area contributed by atoms with Crippen molar-refractivity contribution in [3.63, 3.8) is 0 Å². The van der Waals surface area contributed by atoms with E-state index in [9.17, 15) is 0 Å². The molecule has 0 N–H and O–H groups in total. The molecule has 1 saturated heterocycles. The lowest BCUT2D eigenvalue weighted by atomic mass is 9.90. The van der Waals surface area contributed by atoms with Crippen LogP contribution >= 0.6 is 36.4 Å². The molecule has 5 rings (SSSR count). The van der Waals surface area contributed by atoms with Crippen LogP contribution in [0.1, 0.15) is 43.1 Å². The molecule has 1 aliphatic heterocycles. The van der Waals surface area contributed by atoms with Crippen molar-refractivity contribution in [2.75, 3.05) is 19.6 Å². The molecule has 210 valence electrons. The van der Waals surface area contributed by atoms with Gasteiger partial charge in [-0.1, -0.05) is 61.0 Å². The van der Waals surface area contributed by atoms with Crippen LogP contribution in [0.4, 0.5) is 0 Å². The number of para-hydroxylation sites is 1. The predicted molar refractivity (Wildman–Crippen MR) is 168 cm³/mol. The molecule has 39 heavy (non-hydrogen) atoms. The molecule has 2 atom stereocenters. The normalized spacial score (nSPS) is 16.3. The topological polar surface area (TPSA) is 30.3 Å². The Bertz CT molecular complexity index is 1290. The number of piperidine rings is 1. The van der Waals surface area contributed by atoms with Crippen molar-refractivity contribution in [3.8, 4) is 5.75 Å². The van der Waals surface area contributed by atoms with Crippen molar-refractivity contribution in [1.29, 1.82) is 0 Å². The lowest BCUT2D eigenvalue weighted by Crippen LogP contribution is -2.39. The van der Waals surface area contributed by atoms with Crippen LogP contribution in [0.5, 0.6) is 5.75 Å². The lowest BCUT2D eigenvalue weighted by molar-refractivity contribution is 0.150. The van der Waals surface area contributed by atoms with E-state index in [2.05, 4.69) is 71.8 Å². The van der Waals surface area contributed by atoms with Crippen LogP contribution in [0.3, 0.4) is 0 Å². The van der Waals surface area contributed by atoms with Crippen molar-refractivity contribution < 1.29 is 4.74 Å². The van der Waals surface area contributed by atoms with E-state index in [1.54, 1.807) is 0 Å². The minimum absolute atomic E-state index is 0. The first-order chi connectivity index (χ1) is 18.0. The second-order valence-electron chi connectivity index (χ2n) is 10.7. The standard InChI is InChI=1S/C32H38ClN3O.2ClH/c1-24(21-35-18-7-11-27(22-35)20-26-9-4-3-5-10-26)17-19-36-30-12-6-8-25(2)32(30)34-31(36)23-37-29-15-13-28(33)14-16-29;;/h3-6,8-10,12-16,24,27H,7,11,17-23H2,1-2H3;2*1H. The highest BCUT2D eigenvalue weighted by molar-refractivity contribution is 6.30. The van der Waals surface area contributed by atoms with Crippen LogP contribution in [0, 0.1) is 18.8 Å². The smallest absolute Gasteiger partial charge is 0.148 e. The highest BCUT2D eigenvalue weighted by atomic mass is 35.5. The van der Waals surface area contributed by atoms with Gasteiger partial charge in [0.1, 0.15) is 18.2 Å². The molecule has 0 aliphatic carbocycles. The van der Waals surface area contributed by atoms with Gasteiger partial charge in [-0.15, -0.1) is 24.8 Å². The van der Waals surface area contributed by atoms with Crippen molar-refractivity contribution in [3.05, 3.63) is 94.8 Å². The predicted octanol–water partition coefficient (Wildman–Crippen LogP) is 8.40. The highest BCUT2D eigenvalue weighted by Crippen LogP contribution is 2.25. The molecular weight excluding hydrogens is 549 g/mol. The van der Waals surface area contributed by atoms with E-state index in [4.69, 9.17) is 21.3 Å². The average molecular weight is 589 g/mol. The molecule has 0 radical (unpaired) electrons. The van der Waals surface area contributed by atoms with E-state index >= 15 is 0 Å². The Morgan fingerprint density at radius 3 is 2.54 bits per heavy atom. The van der Waals surface area contributed by atoms with E-state index < -0.39 is 0 Å². The van der Waals surface area contributed by atoms with E-state index in [1.165, 1.54) is 49.0 Å². The maximum absolute atomic E-state index is 6.10. The number of likely N-dealkylation sites (tertiary alicyclic amines) is 1. The molecule has 3 aromatic carbocycles. The summed E-state index contributed by atoms with van der Waals surface area (Å²) in [5, 5.41) is 0.712. The van der Waals surface area contributed by atoms with E-state index in [-0.39, 0.29) is 24.8 Å². The fourth-order valence-electron chi connectivity index (χ4n) is 5.69. The second kappa shape index (κ2) is 14.9. The SMILES string of the molecule is Cc1cccc2c1nc(COc1ccc(Cl)cc1)n2CCC(C)CN1CCCC(Cc2ccccc2)C1.Cl.Cl.